The van der Waals surface area contributed by atoms with Crippen LogP contribution in [0.1, 0.15) is 70.3 Å². The second-order valence-corrected chi connectivity index (χ2v) is 11.6. The minimum Gasteiger partial charge on any atom is -0.493 e. The number of carbonyl (C=O) groups excluding carboxylic acids is 2. The van der Waals surface area contributed by atoms with Crippen LogP contribution in [0.4, 0.5) is 0 Å². The van der Waals surface area contributed by atoms with E-state index in [0.29, 0.717) is 45.1 Å². The van der Waals surface area contributed by atoms with E-state index in [1.54, 1.807) is 23.1 Å². The number of nitrogens with one attached hydrogen (secondary N) is 1. The third kappa shape index (κ3) is 9.06. The van der Waals surface area contributed by atoms with Crippen LogP contribution >= 0.6 is 22.6 Å². The molecule has 0 bridgehead atoms. The molecule has 4 N–H and O–H groups in total. The molecule has 2 amide bonds. The Hall–Kier alpha value is -1.89. The highest BCUT2D eigenvalue weighted by Gasteiger charge is 2.42. The number of rotatable bonds is 16. The summed E-state index contributed by atoms with van der Waals surface area (Å²) in [6.07, 6.45) is 7.51. The summed E-state index contributed by atoms with van der Waals surface area (Å²) in [5, 5.41) is 33.1. The van der Waals surface area contributed by atoms with Gasteiger partial charge in [0.05, 0.1) is 29.9 Å². The van der Waals surface area contributed by atoms with E-state index in [9.17, 15) is 24.9 Å². The fourth-order valence-corrected chi connectivity index (χ4v) is 5.71. The summed E-state index contributed by atoms with van der Waals surface area (Å²) in [5.41, 5.74) is 1.06. The van der Waals surface area contributed by atoms with Crippen molar-refractivity contribution < 1.29 is 34.4 Å². The van der Waals surface area contributed by atoms with Crippen molar-refractivity contribution in [1.29, 1.82) is 0 Å². The highest BCUT2D eigenvalue weighted by molar-refractivity contribution is 14.1. The number of aliphatic hydroxyl groups is 3. The molecule has 3 atom stereocenters. The van der Waals surface area contributed by atoms with Crippen molar-refractivity contribution in [3.63, 3.8) is 0 Å². The second kappa shape index (κ2) is 15.8. The number of unbranched alkanes of at least 4 members (excludes halogenated alkanes) is 4. The molecule has 3 rings (SSSR count). The van der Waals surface area contributed by atoms with E-state index < -0.39 is 18.2 Å². The summed E-state index contributed by atoms with van der Waals surface area (Å²) < 4.78 is 12.5. The van der Waals surface area contributed by atoms with E-state index in [2.05, 4.69) is 34.8 Å². The topological polar surface area (TPSA) is 129 Å². The summed E-state index contributed by atoms with van der Waals surface area (Å²) in [6, 6.07) is 2.81. The maximum absolute atomic E-state index is 13.5. The number of carbonyl (C=O) groups is 2. The van der Waals surface area contributed by atoms with Gasteiger partial charge in [-0.25, -0.2) is 0 Å². The molecule has 0 saturated heterocycles. The van der Waals surface area contributed by atoms with Crippen molar-refractivity contribution in [2.24, 2.45) is 5.92 Å². The summed E-state index contributed by atoms with van der Waals surface area (Å²) in [7, 11) is 1.50. The first-order valence-corrected chi connectivity index (χ1v) is 15.1. The molecule has 0 radical (unpaired) electrons. The van der Waals surface area contributed by atoms with Crippen LogP contribution in [0.3, 0.4) is 0 Å². The lowest BCUT2D eigenvalue weighted by Crippen LogP contribution is -2.55. The zero-order valence-electron chi connectivity index (χ0n) is 23.0. The Labute approximate surface area is 245 Å². The lowest BCUT2D eigenvalue weighted by atomic mass is 9.87. The quantitative estimate of drug-likeness (QED) is 0.159. The second-order valence-electron chi connectivity index (χ2n) is 10.4. The van der Waals surface area contributed by atoms with E-state index >= 15 is 0 Å². The third-order valence-corrected chi connectivity index (χ3v) is 8.11. The van der Waals surface area contributed by atoms with Crippen LogP contribution in [0.5, 0.6) is 11.5 Å². The van der Waals surface area contributed by atoms with Crippen molar-refractivity contribution >= 4 is 34.4 Å². The molecular formula is C29H43IN2O7. The van der Waals surface area contributed by atoms with Gasteiger partial charge in [0.25, 0.3) is 0 Å². The molecule has 1 fully saturated rings. The monoisotopic (exact) mass is 658 g/mol. The van der Waals surface area contributed by atoms with Crippen molar-refractivity contribution in [1.82, 2.24) is 10.2 Å². The fourth-order valence-electron chi connectivity index (χ4n) is 4.92. The first kappa shape index (κ1) is 31.6. The van der Waals surface area contributed by atoms with Gasteiger partial charge in [-0.2, -0.15) is 0 Å². The van der Waals surface area contributed by atoms with Gasteiger partial charge in [0.1, 0.15) is 12.2 Å². The molecule has 1 aromatic rings. The lowest BCUT2D eigenvalue weighted by Gasteiger charge is -2.41. The van der Waals surface area contributed by atoms with E-state index in [4.69, 9.17) is 9.47 Å². The maximum atomic E-state index is 13.5. The molecule has 2 aliphatic rings. The van der Waals surface area contributed by atoms with Crippen LogP contribution in [0.2, 0.25) is 0 Å². The summed E-state index contributed by atoms with van der Waals surface area (Å²) in [4.78, 5) is 28.3. The van der Waals surface area contributed by atoms with Gasteiger partial charge in [-0.05, 0) is 71.5 Å². The van der Waals surface area contributed by atoms with E-state index in [0.717, 1.165) is 44.9 Å². The zero-order chi connectivity index (χ0) is 28.4. The minimum atomic E-state index is -1.07. The number of benzene rings is 1. The van der Waals surface area contributed by atoms with Crippen molar-refractivity contribution in [2.45, 2.75) is 89.6 Å². The number of hydrogen-bond donors (Lipinski definition) is 4. The van der Waals surface area contributed by atoms with Gasteiger partial charge in [0, 0.05) is 31.5 Å². The average molecular weight is 659 g/mol. The van der Waals surface area contributed by atoms with Gasteiger partial charge < -0.3 is 35.0 Å². The number of aliphatic hydroxyl groups excluding tert-OH is 3. The Morgan fingerprint density at radius 1 is 1.15 bits per heavy atom. The third-order valence-electron chi connectivity index (χ3n) is 7.31. The zero-order valence-corrected chi connectivity index (χ0v) is 25.2. The molecular weight excluding hydrogens is 615 g/mol. The van der Waals surface area contributed by atoms with Gasteiger partial charge in [-0.15, -0.1) is 0 Å². The molecule has 0 aliphatic heterocycles. The van der Waals surface area contributed by atoms with Gasteiger partial charge in [-0.3, -0.25) is 9.59 Å². The predicted octanol–water partition coefficient (Wildman–Crippen LogP) is 3.31. The minimum absolute atomic E-state index is 0.00215. The molecule has 218 valence electrons. The molecule has 1 saturated carbocycles. The molecule has 10 heteroatoms. The van der Waals surface area contributed by atoms with Gasteiger partial charge >= 0.3 is 0 Å². The molecule has 1 aromatic carbocycles. The number of halogens is 1. The Balaban J connectivity index is 1.89. The van der Waals surface area contributed by atoms with Crippen LogP contribution in [0.15, 0.2) is 23.8 Å². The first-order valence-electron chi connectivity index (χ1n) is 14.0. The fraction of sp³-hybridized carbons (Fsp3) is 0.655. The summed E-state index contributed by atoms with van der Waals surface area (Å²) in [5.74, 6) is 0.841. The van der Waals surface area contributed by atoms with Crippen LogP contribution in [-0.2, 0) is 16.2 Å². The van der Waals surface area contributed by atoms with Gasteiger partial charge in [-0.1, -0.05) is 32.6 Å². The smallest absolute Gasteiger partial charge is 0.247 e. The normalized spacial score (nSPS) is 20.8. The standard InChI is InChI=1S/C29H43IN2O7/c1-3-4-5-6-7-8-26(35)32(17-19-9-10-19)23-15-21(29(37)31-11-12-33)16-24(27(23)36)39-28-22(30)13-20(18-34)14-25(28)38-2/h13-14,16,19,23-24,27,33-34,36H,3-12,15,17-18H2,1-2H3,(H,31,37)/t23-,24+,27+/m1/s1. The Morgan fingerprint density at radius 2 is 1.90 bits per heavy atom. The van der Waals surface area contributed by atoms with Crippen molar-refractivity contribution in [2.75, 3.05) is 26.8 Å². The number of ether oxygens (including phenoxy) is 2. The molecule has 0 aromatic heterocycles. The maximum Gasteiger partial charge on any atom is 0.247 e. The van der Waals surface area contributed by atoms with Crippen LogP contribution in [-0.4, -0.2) is 77.1 Å². The SMILES string of the molecule is CCCCCCCC(=O)N(CC1CC1)[C@@H]1CC(C(=O)NCCO)=C[C@H](Oc2c(I)cc(CO)cc2OC)[C@H]1O. The van der Waals surface area contributed by atoms with Crippen LogP contribution < -0.4 is 14.8 Å². The van der Waals surface area contributed by atoms with Gasteiger partial charge in [0.2, 0.25) is 11.8 Å². The van der Waals surface area contributed by atoms with Crippen LogP contribution in [0, 0.1) is 9.49 Å². The Bertz CT molecular complexity index is 998. The number of nitrogens with zero attached hydrogens (tertiary/aromatic N) is 1. The lowest BCUT2D eigenvalue weighted by molar-refractivity contribution is -0.139. The highest BCUT2D eigenvalue weighted by Crippen LogP contribution is 2.38. The Morgan fingerprint density at radius 3 is 2.54 bits per heavy atom. The van der Waals surface area contributed by atoms with Crippen molar-refractivity contribution in [3.05, 3.63) is 32.9 Å². The summed E-state index contributed by atoms with van der Waals surface area (Å²) >= 11 is 2.09. The predicted molar refractivity (Wildman–Crippen MR) is 156 cm³/mol. The molecule has 0 spiro atoms. The first-order chi connectivity index (χ1) is 18.8. The number of amides is 2. The number of methoxy groups -OCH3 is 1. The molecule has 39 heavy (non-hydrogen) atoms. The van der Waals surface area contributed by atoms with E-state index in [1.807, 2.05) is 0 Å². The molecule has 2 aliphatic carbocycles. The average Bonchev–Trinajstić information content (AvgIpc) is 3.76. The van der Waals surface area contributed by atoms with Crippen molar-refractivity contribution in [3.8, 4) is 11.5 Å². The molecule has 9 nitrogen and oxygen atoms in total. The largest absolute Gasteiger partial charge is 0.493 e. The van der Waals surface area contributed by atoms with Crippen LogP contribution in [0.25, 0.3) is 0 Å². The number of hydrogen-bond acceptors (Lipinski definition) is 7. The highest BCUT2D eigenvalue weighted by atomic mass is 127. The molecule has 0 unspecified atom stereocenters. The molecule has 0 heterocycles. The van der Waals surface area contributed by atoms with Gasteiger partial charge in [0.15, 0.2) is 11.5 Å². The summed E-state index contributed by atoms with van der Waals surface area (Å²) in [6.45, 7) is 2.46. The van der Waals surface area contributed by atoms with E-state index in [1.165, 1.54) is 7.11 Å². The Kier molecular flexibility index (Phi) is 12.8. The van der Waals surface area contributed by atoms with E-state index in [-0.39, 0.29) is 38.0 Å².